The van der Waals surface area contributed by atoms with Crippen LogP contribution in [-0.4, -0.2) is 25.2 Å². The Balaban J connectivity index is 1.91. The molecule has 2 aliphatic heterocycles. The molecule has 100 valence electrons. The van der Waals surface area contributed by atoms with E-state index in [9.17, 15) is 4.79 Å². The van der Waals surface area contributed by atoms with Crippen molar-refractivity contribution in [1.82, 2.24) is 0 Å². The first-order valence-electron chi connectivity index (χ1n) is 6.96. The van der Waals surface area contributed by atoms with E-state index in [-0.39, 0.29) is 17.9 Å². The second kappa shape index (κ2) is 5.17. The highest BCUT2D eigenvalue weighted by atomic mass is 16.5. The third-order valence-corrected chi connectivity index (χ3v) is 4.00. The van der Waals surface area contributed by atoms with Gasteiger partial charge in [-0.15, -0.1) is 0 Å². The number of ether oxygens (including phenoxy) is 1. The van der Waals surface area contributed by atoms with Crippen LogP contribution >= 0.6 is 0 Å². The summed E-state index contributed by atoms with van der Waals surface area (Å²) >= 11 is 0. The molecule has 1 saturated heterocycles. The molecule has 0 bridgehead atoms. The van der Waals surface area contributed by atoms with Crippen molar-refractivity contribution in [3.8, 4) is 0 Å². The molecular weight excluding hydrogens is 238 g/mol. The van der Waals surface area contributed by atoms with Gasteiger partial charge in [0.2, 0.25) is 5.91 Å². The third-order valence-electron chi connectivity index (χ3n) is 4.00. The van der Waals surface area contributed by atoms with Crippen molar-refractivity contribution in [3.63, 3.8) is 0 Å². The maximum Gasteiger partial charge on any atom is 0.232 e. The van der Waals surface area contributed by atoms with Gasteiger partial charge in [0.05, 0.1) is 17.7 Å². The van der Waals surface area contributed by atoms with Crippen LogP contribution in [0.5, 0.6) is 0 Å². The van der Waals surface area contributed by atoms with E-state index in [2.05, 4.69) is 18.2 Å². The Morgan fingerprint density at radius 2 is 2.21 bits per heavy atom. The molecule has 0 aliphatic carbocycles. The third kappa shape index (κ3) is 2.30. The molecule has 3 nitrogen and oxygen atoms in total. The van der Waals surface area contributed by atoms with Crippen molar-refractivity contribution < 1.29 is 9.53 Å². The molecule has 0 aromatic heterocycles. The van der Waals surface area contributed by atoms with Crippen molar-refractivity contribution in [3.05, 3.63) is 35.9 Å². The van der Waals surface area contributed by atoms with Gasteiger partial charge in [0.15, 0.2) is 0 Å². The molecule has 2 atom stereocenters. The molecule has 0 radical (unpaired) electrons. The number of nitrogens with zero attached hydrogens (tertiary/aromatic N) is 1. The minimum absolute atomic E-state index is 0.00570. The fraction of sp³-hybridized carbons (Fsp3) is 0.438. The topological polar surface area (TPSA) is 29.5 Å². The molecule has 3 rings (SSSR count). The van der Waals surface area contributed by atoms with Crippen LogP contribution in [0.1, 0.15) is 25.3 Å². The van der Waals surface area contributed by atoms with E-state index in [1.807, 2.05) is 30.0 Å². The van der Waals surface area contributed by atoms with Gasteiger partial charge in [-0.25, -0.2) is 0 Å². The van der Waals surface area contributed by atoms with E-state index in [1.54, 1.807) is 0 Å². The normalized spacial score (nSPS) is 26.1. The highest BCUT2D eigenvalue weighted by Crippen LogP contribution is 2.30. The zero-order valence-electron chi connectivity index (χ0n) is 11.2. The molecule has 0 unspecified atom stereocenters. The number of hydrogen-bond acceptors (Lipinski definition) is 2. The number of amides is 1. The molecule has 0 N–H and O–H groups in total. The van der Waals surface area contributed by atoms with E-state index < -0.39 is 0 Å². The van der Waals surface area contributed by atoms with Gasteiger partial charge in [-0.3, -0.25) is 4.79 Å². The van der Waals surface area contributed by atoms with Crippen molar-refractivity contribution in [2.24, 2.45) is 5.92 Å². The minimum atomic E-state index is 0.00570. The van der Waals surface area contributed by atoms with Gasteiger partial charge in [0.1, 0.15) is 0 Å². The highest BCUT2D eigenvalue weighted by molar-refractivity contribution is 5.97. The molecule has 1 fully saturated rings. The van der Waals surface area contributed by atoms with Gasteiger partial charge in [-0.1, -0.05) is 30.4 Å². The van der Waals surface area contributed by atoms with Crippen LogP contribution in [0.3, 0.4) is 0 Å². The number of carbonyl (C=O) groups excluding carboxylic acids is 1. The van der Waals surface area contributed by atoms with Gasteiger partial charge in [-0.05, 0) is 31.4 Å². The Morgan fingerprint density at radius 3 is 3.00 bits per heavy atom. The van der Waals surface area contributed by atoms with Gasteiger partial charge in [0.25, 0.3) is 0 Å². The van der Waals surface area contributed by atoms with E-state index >= 15 is 0 Å². The molecule has 2 aliphatic rings. The Morgan fingerprint density at radius 1 is 1.37 bits per heavy atom. The quantitative estimate of drug-likeness (QED) is 0.774. The average Bonchev–Trinajstić information content (AvgIpc) is 2.74. The van der Waals surface area contributed by atoms with E-state index in [4.69, 9.17) is 4.74 Å². The lowest BCUT2D eigenvalue weighted by molar-refractivity contribution is -0.123. The van der Waals surface area contributed by atoms with Crippen LogP contribution in [0.4, 0.5) is 5.69 Å². The number of para-hydroxylation sites is 1. The second-order valence-electron chi connectivity index (χ2n) is 5.21. The fourth-order valence-corrected chi connectivity index (χ4v) is 2.89. The summed E-state index contributed by atoms with van der Waals surface area (Å²) in [7, 11) is 0. The average molecular weight is 257 g/mol. The summed E-state index contributed by atoms with van der Waals surface area (Å²) in [6, 6.07) is 8.10. The molecule has 0 spiro atoms. The van der Waals surface area contributed by atoms with Crippen molar-refractivity contribution in [1.29, 1.82) is 0 Å². The summed E-state index contributed by atoms with van der Waals surface area (Å²) < 4.78 is 5.53. The lowest BCUT2D eigenvalue weighted by atomic mass is 10.00. The summed E-state index contributed by atoms with van der Waals surface area (Å²) in [5.41, 5.74) is 2.15. The number of fused-ring (bicyclic) bond motifs is 1. The first-order chi connectivity index (χ1) is 9.27. The molecule has 19 heavy (non-hydrogen) atoms. The van der Waals surface area contributed by atoms with E-state index in [1.165, 1.54) is 0 Å². The van der Waals surface area contributed by atoms with Gasteiger partial charge in [0, 0.05) is 13.2 Å². The van der Waals surface area contributed by atoms with Crippen LogP contribution in [0.2, 0.25) is 0 Å². The van der Waals surface area contributed by atoms with E-state index in [0.717, 1.165) is 30.6 Å². The standard InChI is InChI=1S/C16H19NO2/c1-12-14(9-11-19-12)16(18)17-10-5-4-7-13-6-2-3-8-15(13)17/h2-4,6-8,12,14H,5,9-11H2,1H3/t12-,14-/m0/s1. The lowest BCUT2D eigenvalue weighted by Gasteiger charge is -2.27. The summed E-state index contributed by atoms with van der Waals surface area (Å²) in [6.45, 7) is 3.46. The lowest BCUT2D eigenvalue weighted by Crippen LogP contribution is -2.39. The zero-order chi connectivity index (χ0) is 13.2. The smallest absolute Gasteiger partial charge is 0.232 e. The first-order valence-corrected chi connectivity index (χ1v) is 6.96. The van der Waals surface area contributed by atoms with Gasteiger partial charge in [-0.2, -0.15) is 0 Å². The molecule has 1 amide bonds. The number of hydrogen-bond donors (Lipinski definition) is 0. The number of benzene rings is 1. The summed E-state index contributed by atoms with van der Waals surface area (Å²) in [5, 5.41) is 0. The maximum atomic E-state index is 12.7. The monoisotopic (exact) mass is 257 g/mol. The maximum absolute atomic E-state index is 12.7. The molecule has 2 heterocycles. The summed E-state index contributed by atoms with van der Waals surface area (Å²) in [5.74, 6) is 0.215. The Hall–Kier alpha value is -1.61. The highest BCUT2D eigenvalue weighted by Gasteiger charge is 2.34. The predicted molar refractivity (Wildman–Crippen MR) is 76.0 cm³/mol. The van der Waals surface area contributed by atoms with Crippen molar-refractivity contribution in [2.45, 2.75) is 25.9 Å². The molecule has 1 aromatic rings. The summed E-state index contributed by atoms with van der Waals surface area (Å²) in [4.78, 5) is 14.7. The van der Waals surface area contributed by atoms with Crippen LogP contribution in [0, 0.1) is 5.92 Å². The van der Waals surface area contributed by atoms with Crippen LogP contribution in [-0.2, 0) is 9.53 Å². The molecule has 0 saturated carbocycles. The number of anilines is 1. The largest absolute Gasteiger partial charge is 0.378 e. The van der Waals surface area contributed by atoms with E-state index in [0.29, 0.717) is 6.61 Å². The van der Waals surface area contributed by atoms with Crippen molar-refractivity contribution >= 4 is 17.7 Å². The Labute approximate surface area is 113 Å². The Bertz CT molecular complexity index is 509. The van der Waals surface area contributed by atoms with Gasteiger partial charge < -0.3 is 9.64 Å². The fourth-order valence-electron chi connectivity index (χ4n) is 2.89. The molecular formula is C16H19NO2. The Kier molecular flexibility index (Phi) is 3.38. The van der Waals surface area contributed by atoms with Crippen molar-refractivity contribution in [2.75, 3.05) is 18.1 Å². The van der Waals surface area contributed by atoms with Crippen LogP contribution in [0.15, 0.2) is 30.3 Å². The van der Waals surface area contributed by atoms with Crippen LogP contribution in [0.25, 0.3) is 6.08 Å². The number of carbonyl (C=O) groups is 1. The van der Waals surface area contributed by atoms with Gasteiger partial charge >= 0.3 is 0 Å². The van der Waals surface area contributed by atoms with Crippen LogP contribution < -0.4 is 4.90 Å². The predicted octanol–water partition coefficient (Wildman–Crippen LogP) is 2.86. The SMILES string of the molecule is C[C@@H]1OCC[C@@H]1C(=O)N1CCC=Cc2ccccc21. The minimum Gasteiger partial charge on any atom is -0.378 e. The zero-order valence-corrected chi connectivity index (χ0v) is 11.2. The first kappa shape index (κ1) is 12.4. The number of rotatable bonds is 1. The second-order valence-corrected chi connectivity index (χ2v) is 5.21. The summed E-state index contributed by atoms with van der Waals surface area (Å²) in [6.07, 6.45) is 6.03. The molecule has 1 aromatic carbocycles. The molecule has 3 heteroatoms.